The molecule has 1 heterocycles. The van der Waals surface area contributed by atoms with Gasteiger partial charge in [-0.1, -0.05) is 55.5 Å². The number of carbonyl (C=O) groups excluding carboxylic acids is 1. The zero-order valence-electron chi connectivity index (χ0n) is 22.0. The van der Waals surface area contributed by atoms with Gasteiger partial charge in [0.15, 0.2) is 0 Å². The number of rotatable bonds is 7. The normalized spacial score (nSPS) is 13.9. The first-order valence-electron chi connectivity index (χ1n) is 12.2. The molecule has 2 aromatic rings. The third-order valence-electron chi connectivity index (χ3n) is 5.65. The summed E-state index contributed by atoms with van der Waals surface area (Å²) in [5.41, 5.74) is 2.38. The molecule has 4 N–H and O–H groups in total. The van der Waals surface area contributed by atoms with E-state index in [0.29, 0.717) is 6.42 Å². The van der Waals surface area contributed by atoms with Crippen LogP contribution in [0.3, 0.4) is 0 Å². The van der Waals surface area contributed by atoms with Crippen molar-refractivity contribution in [3.8, 4) is 0 Å². The Kier molecular flexibility index (Phi) is 14.5. The summed E-state index contributed by atoms with van der Waals surface area (Å²) in [6.45, 7) is 10.3. The fourth-order valence-electron chi connectivity index (χ4n) is 3.83. The molecule has 0 saturated carbocycles. The third-order valence-corrected chi connectivity index (χ3v) is 5.65. The summed E-state index contributed by atoms with van der Waals surface area (Å²) in [6, 6.07) is 20.9. The van der Waals surface area contributed by atoms with E-state index < -0.39 is 23.9 Å². The van der Waals surface area contributed by atoms with E-state index in [1.54, 1.807) is 0 Å². The Morgan fingerprint density at radius 2 is 1.13 bits per heavy atom. The lowest BCUT2D eigenvalue weighted by Gasteiger charge is -2.38. The van der Waals surface area contributed by atoms with Gasteiger partial charge in [-0.3, -0.25) is 14.6 Å². The number of carboxylic acid groups (broad SMARTS) is 4. The summed E-state index contributed by atoms with van der Waals surface area (Å²) in [4.78, 5) is 55.9. The first-order valence-corrected chi connectivity index (χ1v) is 12.2. The molecule has 0 aromatic heterocycles. The summed E-state index contributed by atoms with van der Waals surface area (Å²) >= 11 is 0. The summed E-state index contributed by atoms with van der Waals surface area (Å²) in [5, 5.41) is 29.6. The van der Waals surface area contributed by atoms with Gasteiger partial charge in [0, 0.05) is 57.4 Å². The summed E-state index contributed by atoms with van der Waals surface area (Å²) < 4.78 is 0. The van der Waals surface area contributed by atoms with Crippen LogP contribution >= 0.6 is 0 Å². The van der Waals surface area contributed by atoms with Crippen LogP contribution in [0.15, 0.2) is 60.7 Å². The van der Waals surface area contributed by atoms with E-state index in [1.807, 2.05) is 42.2 Å². The summed E-state index contributed by atoms with van der Waals surface area (Å²) in [5.74, 6) is -7.11. The van der Waals surface area contributed by atoms with Crippen LogP contribution in [-0.4, -0.2) is 98.8 Å². The van der Waals surface area contributed by atoms with Crippen molar-refractivity contribution in [1.29, 1.82) is 0 Å². The molecular formula is C27H35N3O9. The fraction of sp³-hybridized carbons (Fsp3) is 0.370. The molecule has 0 bridgehead atoms. The van der Waals surface area contributed by atoms with Gasteiger partial charge in [0.1, 0.15) is 0 Å². The van der Waals surface area contributed by atoms with Crippen molar-refractivity contribution in [2.45, 2.75) is 32.9 Å². The smallest absolute Gasteiger partial charge is 0.414 e. The van der Waals surface area contributed by atoms with Gasteiger partial charge in [0.2, 0.25) is 5.91 Å². The number of carboxylic acids is 4. The van der Waals surface area contributed by atoms with E-state index in [0.717, 1.165) is 45.0 Å². The number of benzene rings is 2. The van der Waals surface area contributed by atoms with Crippen LogP contribution in [0.4, 0.5) is 5.69 Å². The highest BCUT2D eigenvalue weighted by Crippen LogP contribution is 2.19. The van der Waals surface area contributed by atoms with E-state index in [1.165, 1.54) is 5.56 Å². The van der Waals surface area contributed by atoms with Crippen molar-refractivity contribution in [2.75, 3.05) is 37.6 Å². The minimum atomic E-state index is -1.82. The van der Waals surface area contributed by atoms with Crippen molar-refractivity contribution in [1.82, 2.24) is 9.80 Å². The molecule has 12 heteroatoms. The quantitative estimate of drug-likeness (QED) is 0.374. The minimum Gasteiger partial charge on any atom is -0.473 e. The van der Waals surface area contributed by atoms with E-state index in [4.69, 9.17) is 39.6 Å². The lowest BCUT2D eigenvalue weighted by atomic mass is 10.1. The van der Waals surface area contributed by atoms with Crippen molar-refractivity contribution in [3.05, 3.63) is 66.2 Å². The second kappa shape index (κ2) is 17.3. The molecule has 0 radical (unpaired) electrons. The summed E-state index contributed by atoms with van der Waals surface area (Å²) in [7, 11) is 0. The molecule has 39 heavy (non-hydrogen) atoms. The van der Waals surface area contributed by atoms with Crippen LogP contribution in [0.1, 0.15) is 25.8 Å². The standard InChI is InChI=1S/C23H31N3O.2C2H2O4/c1-3-23(27)26(22-12-8-5-9-13-22)20(2)18-24-14-16-25(17-15-24)19-21-10-6-4-7-11-21;2*3-1(4)2(5)6/h4-13,20H,3,14-19H2,1-2H3;2*(H,3,4)(H,5,6). The maximum Gasteiger partial charge on any atom is 0.414 e. The predicted molar refractivity (Wildman–Crippen MR) is 142 cm³/mol. The number of piperazine rings is 1. The molecule has 1 amide bonds. The number of carbonyl (C=O) groups is 5. The Morgan fingerprint density at radius 1 is 0.718 bits per heavy atom. The van der Waals surface area contributed by atoms with E-state index in [2.05, 4.69) is 47.1 Å². The van der Waals surface area contributed by atoms with Gasteiger partial charge < -0.3 is 25.3 Å². The van der Waals surface area contributed by atoms with Crippen LogP contribution in [0, 0.1) is 0 Å². The van der Waals surface area contributed by atoms with Crippen LogP contribution in [0.5, 0.6) is 0 Å². The number of hydrogen-bond acceptors (Lipinski definition) is 7. The van der Waals surface area contributed by atoms with Crippen molar-refractivity contribution in [3.63, 3.8) is 0 Å². The van der Waals surface area contributed by atoms with Gasteiger partial charge in [0.05, 0.1) is 0 Å². The molecule has 12 nitrogen and oxygen atoms in total. The van der Waals surface area contributed by atoms with Crippen LogP contribution in [-0.2, 0) is 30.5 Å². The highest BCUT2D eigenvalue weighted by atomic mass is 16.4. The Hall–Kier alpha value is -4.29. The van der Waals surface area contributed by atoms with E-state index >= 15 is 0 Å². The molecular weight excluding hydrogens is 510 g/mol. The average Bonchev–Trinajstić information content (AvgIpc) is 2.91. The third kappa shape index (κ3) is 12.7. The van der Waals surface area contributed by atoms with E-state index in [-0.39, 0.29) is 11.9 Å². The number of nitrogens with zero attached hydrogens (tertiary/aromatic N) is 3. The van der Waals surface area contributed by atoms with Crippen molar-refractivity contribution < 1.29 is 44.4 Å². The SMILES string of the molecule is CCC(=O)N(c1ccccc1)C(C)CN1CCN(Cc2ccccc2)CC1.O=C(O)C(=O)O.O=C(O)C(=O)O. The Bertz CT molecular complexity index is 1020. The molecule has 1 fully saturated rings. The Morgan fingerprint density at radius 3 is 1.54 bits per heavy atom. The van der Waals surface area contributed by atoms with Crippen molar-refractivity contribution in [2.24, 2.45) is 0 Å². The largest absolute Gasteiger partial charge is 0.473 e. The lowest BCUT2D eigenvalue weighted by Crippen LogP contribution is -2.51. The highest BCUT2D eigenvalue weighted by Gasteiger charge is 2.25. The van der Waals surface area contributed by atoms with Gasteiger partial charge in [-0.15, -0.1) is 0 Å². The molecule has 3 rings (SSSR count). The maximum absolute atomic E-state index is 12.6. The number of anilines is 1. The molecule has 1 atom stereocenters. The predicted octanol–water partition coefficient (Wildman–Crippen LogP) is 1.95. The molecule has 1 aliphatic heterocycles. The highest BCUT2D eigenvalue weighted by molar-refractivity contribution is 6.27. The van der Waals surface area contributed by atoms with Gasteiger partial charge in [-0.2, -0.15) is 0 Å². The van der Waals surface area contributed by atoms with Gasteiger partial charge in [-0.05, 0) is 24.6 Å². The van der Waals surface area contributed by atoms with Gasteiger partial charge >= 0.3 is 23.9 Å². The lowest BCUT2D eigenvalue weighted by molar-refractivity contribution is -0.159. The second-order valence-electron chi connectivity index (χ2n) is 8.58. The number of hydrogen-bond donors (Lipinski definition) is 4. The molecule has 0 aliphatic carbocycles. The number of aliphatic carboxylic acids is 4. The molecule has 0 spiro atoms. The fourth-order valence-corrected chi connectivity index (χ4v) is 3.83. The first kappa shape index (κ1) is 32.7. The Balaban J connectivity index is 0.000000530. The molecule has 1 saturated heterocycles. The average molecular weight is 546 g/mol. The molecule has 2 aromatic carbocycles. The summed E-state index contributed by atoms with van der Waals surface area (Å²) in [6.07, 6.45) is 0.532. The van der Waals surface area contributed by atoms with E-state index in [9.17, 15) is 4.79 Å². The topological polar surface area (TPSA) is 176 Å². The molecule has 1 aliphatic rings. The monoisotopic (exact) mass is 545 g/mol. The zero-order chi connectivity index (χ0) is 29.4. The van der Waals surface area contributed by atoms with Gasteiger partial charge in [0.25, 0.3) is 0 Å². The first-order chi connectivity index (χ1) is 18.5. The van der Waals surface area contributed by atoms with Crippen LogP contribution in [0.25, 0.3) is 0 Å². The zero-order valence-corrected chi connectivity index (χ0v) is 22.0. The van der Waals surface area contributed by atoms with Crippen LogP contribution < -0.4 is 4.90 Å². The maximum atomic E-state index is 12.6. The minimum absolute atomic E-state index is 0.167. The second-order valence-corrected chi connectivity index (χ2v) is 8.58. The number of amides is 1. The molecule has 1 unspecified atom stereocenters. The van der Waals surface area contributed by atoms with Gasteiger partial charge in [-0.25, -0.2) is 19.2 Å². The van der Waals surface area contributed by atoms with Crippen molar-refractivity contribution >= 4 is 35.5 Å². The Labute approximate surface area is 226 Å². The number of para-hydroxylation sites is 1. The molecule has 212 valence electrons. The van der Waals surface area contributed by atoms with Crippen LogP contribution in [0.2, 0.25) is 0 Å².